The van der Waals surface area contributed by atoms with Gasteiger partial charge in [-0.2, -0.15) is 5.10 Å². The van der Waals surface area contributed by atoms with Gasteiger partial charge < -0.3 is 10.1 Å². The van der Waals surface area contributed by atoms with Crippen molar-refractivity contribution in [3.8, 4) is 0 Å². The number of carbonyl (C=O) groups excluding carboxylic acids is 1. The Bertz CT molecular complexity index is 466. The summed E-state index contributed by atoms with van der Waals surface area (Å²) in [6.45, 7) is 8.25. The average Bonchev–Trinajstić information content (AvgIpc) is 3.09. The molecule has 1 N–H and O–H groups in total. The van der Waals surface area contributed by atoms with Crippen molar-refractivity contribution in [3.05, 3.63) is 17.5 Å². The number of hydrogen-bond acceptors (Lipinski definition) is 5. The second-order valence-electron chi connectivity index (χ2n) is 5.47. The SMILES string of the molecule is CCCN(Cc1c(C(=O)OCC)cnn1C)C1CCNC1. The highest BCUT2D eigenvalue weighted by Crippen LogP contribution is 2.17. The molecule has 1 saturated heterocycles. The van der Waals surface area contributed by atoms with Crippen LogP contribution < -0.4 is 5.32 Å². The minimum atomic E-state index is -0.276. The Kier molecular flexibility index (Phi) is 5.76. The van der Waals surface area contributed by atoms with Crippen molar-refractivity contribution in [3.63, 3.8) is 0 Å². The number of rotatable bonds is 7. The molecule has 1 atom stereocenters. The van der Waals surface area contributed by atoms with Gasteiger partial charge in [-0.1, -0.05) is 6.92 Å². The predicted molar refractivity (Wildman–Crippen MR) is 81.1 cm³/mol. The summed E-state index contributed by atoms with van der Waals surface area (Å²) in [5, 5.41) is 7.64. The molecule has 1 aliphatic rings. The first-order chi connectivity index (χ1) is 10.2. The highest BCUT2D eigenvalue weighted by Gasteiger charge is 2.25. The zero-order valence-corrected chi connectivity index (χ0v) is 13.3. The van der Waals surface area contributed by atoms with Crippen LogP contribution in [0.25, 0.3) is 0 Å². The van der Waals surface area contributed by atoms with Gasteiger partial charge in [-0.05, 0) is 32.9 Å². The van der Waals surface area contributed by atoms with E-state index in [-0.39, 0.29) is 5.97 Å². The molecule has 2 rings (SSSR count). The number of hydrogen-bond donors (Lipinski definition) is 1. The Labute approximate surface area is 126 Å². The van der Waals surface area contributed by atoms with Gasteiger partial charge in [0.25, 0.3) is 0 Å². The van der Waals surface area contributed by atoms with Crippen LogP contribution in [0.5, 0.6) is 0 Å². The third-order valence-electron chi connectivity index (χ3n) is 3.97. The van der Waals surface area contributed by atoms with Gasteiger partial charge in [-0.15, -0.1) is 0 Å². The lowest BCUT2D eigenvalue weighted by Gasteiger charge is -2.28. The molecule has 0 bridgehead atoms. The van der Waals surface area contributed by atoms with Gasteiger partial charge in [-0.3, -0.25) is 9.58 Å². The van der Waals surface area contributed by atoms with Crippen molar-refractivity contribution in [2.75, 3.05) is 26.2 Å². The highest BCUT2D eigenvalue weighted by atomic mass is 16.5. The number of nitrogens with zero attached hydrogens (tertiary/aromatic N) is 3. The molecule has 2 heterocycles. The fraction of sp³-hybridized carbons (Fsp3) is 0.733. The zero-order valence-electron chi connectivity index (χ0n) is 13.3. The molecule has 1 aromatic heterocycles. The Morgan fingerprint density at radius 3 is 3.00 bits per heavy atom. The van der Waals surface area contributed by atoms with Crippen LogP contribution in [0, 0.1) is 0 Å². The van der Waals surface area contributed by atoms with E-state index in [0.717, 1.165) is 44.7 Å². The molecule has 0 spiro atoms. The molecule has 0 aromatic carbocycles. The predicted octanol–water partition coefficient (Wildman–Crippen LogP) is 1.17. The number of esters is 1. The van der Waals surface area contributed by atoms with E-state index >= 15 is 0 Å². The van der Waals surface area contributed by atoms with Crippen LogP contribution in [-0.4, -0.2) is 52.9 Å². The highest BCUT2D eigenvalue weighted by molar-refractivity contribution is 5.90. The first-order valence-electron chi connectivity index (χ1n) is 7.80. The molecule has 6 nitrogen and oxygen atoms in total. The van der Waals surface area contributed by atoms with E-state index < -0.39 is 0 Å². The van der Waals surface area contributed by atoms with E-state index in [1.807, 2.05) is 14.0 Å². The minimum absolute atomic E-state index is 0.276. The number of nitrogens with one attached hydrogen (secondary N) is 1. The molecule has 0 saturated carbocycles. The molecule has 0 aliphatic carbocycles. The molecule has 1 aromatic rings. The van der Waals surface area contributed by atoms with Gasteiger partial charge in [0.1, 0.15) is 5.56 Å². The van der Waals surface area contributed by atoms with Gasteiger partial charge in [0, 0.05) is 26.2 Å². The largest absolute Gasteiger partial charge is 0.462 e. The number of aryl methyl sites for hydroxylation is 1. The van der Waals surface area contributed by atoms with Crippen LogP contribution in [0.1, 0.15) is 42.7 Å². The van der Waals surface area contributed by atoms with Crippen LogP contribution in [0.2, 0.25) is 0 Å². The smallest absolute Gasteiger partial charge is 0.341 e. The summed E-state index contributed by atoms with van der Waals surface area (Å²) >= 11 is 0. The van der Waals surface area contributed by atoms with Crippen molar-refractivity contribution in [1.82, 2.24) is 20.0 Å². The van der Waals surface area contributed by atoms with E-state index in [0.29, 0.717) is 18.2 Å². The molecule has 118 valence electrons. The van der Waals surface area contributed by atoms with Gasteiger partial charge in [0.15, 0.2) is 0 Å². The van der Waals surface area contributed by atoms with E-state index in [1.165, 1.54) is 0 Å². The molecular formula is C15H26N4O2. The number of ether oxygens (including phenoxy) is 1. The average molecular weight is 294 g/mol. The monoisotopic (exact) mass is 294 g/mol. The second kappa shape index (κ2) is 7.56. The lowest BCUT2D eigenvalue weighted by Crippen LogP contribution is -2.37. The molecule has 21 heavy (non-hydrogen) atoms. The summed E-state index contributed by atoms with van der Waals surface area (Å²) in [5.41, 5.74) is 1.53. The molecular weight excluding hydrogens is 268 g/mol. The summed E-state index contributed by atoms with van der Waals surface area (Å²) in [4.78, 5) is 14.5. The van der Waals surface area contributed by atoms with Crippen molar-refractivity contribution in [2.24, 2.45) is 7.05 Å². The maximum Gasteiger partial charge on any atom is 0.341 e. The molecule has 1 aliphatic heterocycles. The Morgan fingerprint density at radius 2 is 2.38 bits per heavy atom. The normalized spacial score (nSPS) is 18.4. The minimum Gasteiger partial charge on any atom is -0.462 e. The molecule has 0 amide bonds. The van der Waals surface area contributed by atoms with E-state index in [1.54, 1.807) is 10.9 Å². The third-order valence-corrected chi connectivity index (χ3v) is 3.97. The van der Waals surface area contributed by atoms with E-state index in [2.05, 4.69) is 22.2 Å². The third kappa shape index (κ3) is 3.83. The quantitative estimate of drug-likeness (QED) is 0.765. The first kappa shape index (κ1) is 16.0. The maximum atomic E-state index is 12.0. The number of carbonyl (C=O) groups is 1. The summed E-state index contributed by atoms with van der Waals surface area (Å²) < 4.78 is 6.91. The summed E-state index contributed by atoms with van der Waals surface area (Å²) in [6.07, 6.45) is 3.88. The van der Waals surface area contributed by atoms with Gasteiger partial charge in [-0.25, -0.2) is 4.79 Å². The fourth-order valence-electron chi connectivity index (χ4n) is 2.85. The number of aromatic nitrogens is 2. The van der Waals surface area contributed by atoms with Crippen LogP contribution in [0.4, 0.5) is 0 Å². The van der Waals surface area contributed by atoms with Crippen LogP contribution in [0.15, 0.2) is 6.20 Å². The van der Waals surface area contributed by atoms with Gasteiger partial charge in [0.2, 0.25) is 0 Å². The molecule has 0 radical (unpaired) electrons. The van der Waals surface area contributed by atoms with Crippen LogP contribution in [-0.2, 0) is 18.3 Å². The van der Waals surface area contributed by atoms with Crippen LogP contribution >= 0.6 is 0 Å². The summed E-state index contributed by atoms with van der Waals surface area (Å²) in [5.74, 6) is -0.276. The van der Waals surface area contributed by atoms with E-state index in [9.17, 15) is 4.79 Å². The zero-order chi connectivity index (χ0) is 15.2. The Hall–Kier alpha value is -1.40. The Morgan fingerprint density at radius 1 is 1.57 bits per heavy atom. The Balaban J connectivity index is 2.15. The topological polar surface area (TPSA) is 59.4 Å². The van der Waals surface area contributed by atoms with Gasteiger partial charge in [0.05, 0.1) is 18.5 Å². The van der Waals surface area contributed by atoms with Crippen molar-refractivity contribution >= 4 is 5.97 Å². The van der Waals surface area contributed by atoms with Crippen molar-refractivity contribution in [2.45, 2.75) is 39.3 Å². The standard InChI is InChI=1S/C15H26N4O2/c1-4-8-19(12-6-7-16-9-12)11-14-13(10-17-18(14)3)15(20)21-5-2/h10,12,16H,4-9,11H2,1-3H3. The summed E-state index contributed by atoms with van der Waals surface area (Å²) in [7, 11) is 1.88. The van der Waals surface area contributed by atoms with Crippen molar-refractivity contribution in [1.29, 1.82) is 0 Å². The molecule has 1 unspecified atom stereocenters. The molecule has 6 heteroatoms. The second-order valence-corrected chi connectivity index (χ2v) is 5.47. The fourth-order valence-corrected chi connectivity index (χ4v) is 2.85. The summed E-state index contributed by atoms with van der Waals surface area (Å²) in [6, 6.07) is 0.537. The van der Waals surface area contributed by atoms with Crippen LogP contribution in [0.3, 0.4) is 0 Å². The first-order valence-corrected chi connectivity index (χ1v) is 7.80. The maximum absolute atomic E-state index is 12.0. The van der Waals surface area contributed by atoms with Gasteiger partial charge >= 0.3 is 5.97 Å². The van der Waals surface area contributed by atoms with Crippen molar-refractivity contribution < 1.29 is 9.53 Å². The van der Waals surface area contributed by atoms with E-state index in [4.69, 9.17) is 4.74 Å². The lowest BCUT2D eigenvalue weighted by molar-refractivity contribution is 0.0523. The lowest BCUT2D eigenvalue weighted by atomic mass is 10.1. The molecule has 1 fully saturated rings.